The fourth-order valence-corrected chi connectivity index (χ4v) is 2.96. The van der Waals surface area contributed by atoms with Gasteiger partial charge in [0.1, 0.15) is 10.9 Å². The van der Waals surface area contributed by atoms with Gasteiger partial charge in [-0.1, -0.05) is 6.92 Å². The van der Waals surface area contributed by atoms with Gasteiger partial charge < -0.3 is 9.30 Å². The van der Waals surface area contributed by atoms with Gasteiger partial charge in [-0.15, -0.1) is 11.8 Å². The second-order valence-corrected chi connectivity index (χ2v) is 5.20. The number of imidazole rings is 1. The maximum Gasteiger partial charge on any atom is 0.359 e. The number of thioether (sulfide) groups is 1. The van der Waals surface area contributed by atoms with Crippen molar-refractivity contribution in [2.24, 2.45) is 0 Å². The zero-order valence-corrected chi connectivity index (χ0v) is 11.2. The Kier molecular flexibility index (Phi) is 4.10. The molecule has 2 heterocycles. The molecule has 0 amide bonds. The molecule has 94 valence electrons. The number of hydrogen-bond donors (Lipinski definition) is 0. The van der Waals surface area contributed by atoms with Crippen molar-refractivity contribution in [1.29, 1.82) is 0 Å². The zero-order chi connectivity index (χ0) is 12.3. The van der Waals surface area contributed by atoms with E-state index in [-0.39, 0.29) is 5.97 Å². The van der Waals surface area contributed by atoms with Crippen LogP contribution in [0.4, 0.5) is 0 Å². The lowest BCUT2D eigenvalue weighted by molar-refractivity contribution is 0.0515. The molecular formula is C12H18N2O2S. The van der Waals surface area contributed by atoms with E-state index in [4.69, 9.17) is 4.74 Å². The SMILES string of the molecule is CCOC(=O)c1nc2n(c1SCC)CCCC2. The van der Waals surface area contributed by atoms with Gasteiger partial charge in [-0.25, -0.2) is 9.78 Å². The first-order valence-electron chi connectivity index (χ1n) is 6.17. The van der Waals surface area contributed by atoms with Gasteiger partial charge in [0.15, 0.2) is 5.69 Å². The molecule has 0 radical (unpaired) electrons. The number of aromatic nitrogens is 2. The van der Waals surface area contributed by atoms with Gasteiger partial charge in [0, 0.05) is 13.0 Å². The number of carbonyl (C=O) groups excluding carboxylic acids is 1. The molecule has 0 spiro atoms. The van der Waals surface area contributed by atoms with E-state index in [0.717, 1.165) is 36.0 Å². The number of fused-ring (bicyclic) bond motifs is 1. The molecular weight excluding hydrogens is 236 g/mol. The van der Waals surface area contributed by atoms with E-state index >= 15 is 0 Å². The molecule has 0 saturated heterocycles. The van der Waals surface area contributed by atoms with Gasteiger partial charge in [0.25, 0.3) is 0 Å². The summed E-state index contributed by atoms with van der Waals surface area (Å²) in [6, 6.07) is 0. The lowest BCUT2D eigenvalue weighted by Gasteiger charge is -2.15. The number of ether oxygens (including phenoxy) is 1. The average molecular weight is 254 g/mol. The summed E-state index contributed by atoms with van der Waals surface area (Å²) in [5.41, 5.74) is 0.510. The molecule has 5 heteroatoms. The van der Waals surface area contributed by atoms with E-state index in [2.05, 4.69) is 16.5 Å². The van der Waals surface area contributed by atoms with Gasteiger partial charge in [-0.2, -0.15) is 0 Å². The van der Waals surface area contributed by atoms with Crippen LogP contribution in [0.1, 0.15) is 43.0 Å². The summed E-state index contributed by atoms with van der Waals surface area (Å²) in [5, 5.41) is 0.987. The molecule has 0 bridgehead atoms. The molecule has 1 aromatic rings. The van der Waals surface area contributed by atoms with E-state index in [1.165, 1.54) is 6.42 Å². The van der Waals surface area contributed by atoms with Crippen LogP contribution in [0.3, 0.4) is 0 Å². The number of hydrogen-bond acceptors (Lipinski definition) is 4. The van der Waals surface area contributed by atoms with Crippen LogP contribution in [0.15, 0.2) is 5.03 Å². The van der Waals surface area contributed by atoms with Gasteiger partial charge in [0.2, 0.25) is 0 Å². The quantitative estimate of drug-likeness (QED) is 0.611. The molecule has 1 aliphatic rings. The number of carbonyl (C=O) groups is 1. The van der Waals surface area contributed by atoms with E-state index in [0.29, 0.717) is 12.3 Å². The number of aryl methyl sites for hydroxylation is 1. The molecule has 4 nitrogen and oxygen atoms in total. The molecule has 1 aliphatic heterocycles. The van der Waals surface area contributed by atoms with E-state index in [9.17, 15) is 4.79 Å². The topological polar surface area (TPSA) is 44.1 Å². The summed E-state index contributed by atoms with van der Waals surface area (Å²) in [6.45, 7) is 5.28. The lowest BCUT2D eigenvalue weighted by atomic mass is 10.2. The third kappa shape index (κ3) is 2.49. The Balaban J connectivity index is 2.36. The third-order valence-electron chi connectivity index (χ3n) is 2.78. The summed E-state index contributed by atoms with van der Waals surface area (Å²) >= 11 is 1.68. The van der Waals surface area contributed by atoms with Crippen LogP contribution in [0.25, 0.3) is 0 Å². The maximum absolute atomic E-state index is 11.8. The summed E-state index contributed by atoms with van der Waals surface area (Å²) in [5.74, 6) is 1.69. The summed E-state index contributed by atoms with van der Waals surface area (Å²) < 4.78 is 7.25. The first-order chi connectivity index (χ1) is 8.27. The minimum absolute atomic E-state index is 0.287. The molecule has 0 unspecified atom stereocenters. The van der Waals surface area contributed by atoms with Crippen LogP contribution in [0.2, 0.25) is 0 Å². The van der Waals surface area contributed by atoms with Crippen molar-refractivity contribution < 1.29 is 9.53 Å². The van der Waals surface area contributed by atoms with Crippen LogP contribution in [0.5, 0.6) is 0 Å². The second-order valence-electron chi connectivity index (χ2n) is 3.94. The zero-order valence-electron chi connectivity index (χ0n) is 10.4. The first-order valence-corrected chi connectivity index (χ1v) is 7.15. The van der Waals surface area contributed by atoms with Crippen molar-refractivity contribution in [1.82, 2.24) is 9.55 Å². The van der Waals surface area contributed by atoms with Crippen molar-refractivity contribution in [3.05, 3.63) is 11.5 Å². The fourth-order valence-electron chi connectivity index (χ4n) is 2.07. The Morgan fingerprint density at radius 3 is 3.00 bits per heavy atom. The first kappa shape index (κ1) is 12.5. The largest absolute Gasteiger partial charge is 0.461 e. The van der Waals surface area contributed by atoms with Crippen molar-refractivity contribution in [3.63, 3.8) is 0 Å². The smallest absolute Gasteiger partial charge is 0.359 e. The number of esters is 1. The molecule has 17 heavy (non-hydrogen) atoms. The van der Waals surface area contributed by atoms with Gasteiger partial charge in [0.05, 0.1) is 6.61 Å². The Bertz CT molecular complexity index is 415. The highest BCUT2D eigenvalue weighted by atomic mass is 32.2. The summed E-state index contributed by atoms with van der Waals surface area (Å²) in [4.78, 5) is 16.3. The van der Waals surface area contributed by atoms with Crippen molar-refractivity contribution in [2.75, 3.05) is 12.4 Å². The van der Waals surface area contributed by atoms with Crippen LogP contribution in [-0.2, 0) is 17.7 Å². The molecule has 0 aliphatic carbocycles. The van der Waals surface area contributed by atoms with Crippen LogP contribution in [0, 0.1) is 0 Å². The Labute approximate surface area is 106 Å². The average Bonchev–Trinajstić information content (AvgIpc) is 2.70. The minimum atomic E-state index is -0.287. The lowest BCUT2D eigenvalue weighted by Crippen LogP contribution is -2.11. The number of rotatable bonds is 4. The van der Waals surface area contributed by atoms with Crippen LogP contribution >= 0.6 is 11.8 Å². The van der Waals surface area contributed by atoms with Crippen molar-refractivity contribution in [2.45, 2.75) is 44.7 Å². The van der Waals surface area contributed by atoms with Gasteiger partial charge in [-0.05, 0) is 25.5 Å². The molecule has 0 N–H and O–H groups in total. The monoisotopic (exact) mass is 254 g/mol. The predicted molar refractivity (Wildman–Crippen MR) is 67.5 cm³/mol. The number of nitrogens with zero attached hydrogens (tertiary/aromatic N) is 2. The normalized spacial score (nSPS) is 14.5. The second kappa shape index (κ2) is 5.58. The standard InChI is InChI=1S/C12H18N2O2S/c1-3-16-12(15)10-11(17-4-2)14-8-6-5-7-9(14)13-10/h3-8H2,1-2H3. The highest BCUT2D eigenvalue weighted by Gasteiger charge is 2.24. The molecule has 0 fully saturated rings. The highest BCUT2D eigenvalue weighted by Crippen LogP contribution is 2.28. The molecule has 0 aromatic carbocycles. The molecule has 1 aromatic heterocycles. The van der Waals surface area contributed by atoms with E-state index in [1.807, 2.05) is 6.92 Å². The maximum atomic E-state index is 11.8. The van der Waals surface area contributed by atoms with Crippen molar-refractivity contribution in [3.8, 4) is 0 Å². The van der Waals surface area contributed by atoms with Gasteiger partial charge in [-0.3, -0.25) is 0 Å². The summed E-state index contributed by atoms with van der Waals surface area (Å²) in [6.07, 6.45) is 3.30. The van der Waals surface area contributed by atoms with E-state index in [1.54, 1.807) is 11.8 Å². The summed E-state index contributed by atoms with van der Waals surface area (Å²) in [7, 11) is 0. The molecule has 0 atom stereocenters. The fraction of sp³-hybridized carbons (Fsp3) is 0.667. The van der Waals surface area contributed by atoms with Crippen LogP contribution < -0.4 is 0 Å². The minimum Gasteiger partial charge on any atom is -0.461 e. The Morgan fingerprint density at radius 1 is 1.47 bits per heavy atom. The van der Waals surface area contributed by atoms with E-state index < -0.39 is 0 Å². The Morgan fingerprint density at radius 2 is 2.29 bits per heavy atom. The Hall–Kier alpha value is -0.970. The predicted octanol–water partition coefficient (Wildman–Crippen LogP) is 2.51. The van der Waals surface area contributed by atoms with Crippen molar-refractivity contribution >= 4 is 17.7 Å². The van der Waals surface area contributed by atoms with Gasteiger partial charge >= 0.3 is 5.97 Å². The molecule has 0 saturated carbocycles. The van der Waals surface area contributed by atoms with Crippen LogP contribution in [-0.4, -0.2) is 27.9 Å². The molecule has 2 rings (SSSR count). The third-order valence-corrected chi connectivity index (χ3v) is 3.76. The highest BCUT2D eigenvalue weighted by molar-refractivity contribution is 7.99.